The van der Waals surface area contributed by atoms with Crippen LogP contribution in [-0.4, -0.2) is 62.5 Å². The number of fused-ring (bicyclic) bond motifs is 1. The molecule has 1 saturated heterocycles. The predicted molar refractivity (Wildman–Crippen MR) is 153 cm³/mol. The summed E-state index contributed by atoms with van der Waals surface area (Å²) in [6.45, 7) is 9.51. The first kappa shape index (κ1) is 29.8. The summed E-state index contributed by atoms with van der Waals surface area (Å²) in [5, 5.41) is 6.20. The van der Waals surface area contributed by atoms with Crippen LogP contribution in [0.1, 0.15) is 56.3 Å². The molecule has 2 N–H and O–H groups in total. The third-order valence-corrected chi connectivity index (χ3v) is 9.95. The van der Waals surface area contributed by atoms with Gasteiger partial charge in [0, 0.05) is 49.1 Å². The number of halogens is 1. The number of aromatic nitrogens is 1. The molecule has 1 aromatic carbocycles. The van der Waals surface area contributed by atoms with E-state index in [1.807, 2.05) is 12.3 Å². The number of carbonyl (C=O) groups excluding carboxylic acids is 2. The van der Waals surface area contributed by atoms with E-state index >= 15 is 0 Å². The number of esters is 1. The lowest BCUT2D eigenvalue weighted by molar-refractivity contribution is -0.141. The van der Waals surface area contributed by atoms with Gasteiger partial charge in [-0.3, -0.25) is 9.59 Å². The lowest BCUT2D eigenvalue weighted by Gasteiger charge is -2.35. The summed E-state index contributed by atoms with van der Waals surface area (Å²) in [6, 6.07) is 2.24. The Morgan fingerprint density at radius 2 is 2.03 bits per heavy atom. The second kappa shape index (κ2) is 12.1. The SMILES string of the molecule is CC(=O)OCCC1CCN(C(=O)[C@H](Cc2nc(C)cs2)NS(=O)(=O)c2cc(Cl)cc3c2NCC(C)(C)C3)CC1. The van der Waals surface area contributed by atoms with Crippen LogP contribution >= 0.6 is 22.9 Å². The summed E-state index contributed by atoms with van der Waals surface area (Å²) in [7, 11) is -4.10. The first-order valence-corrected chi connectivity index (χ1v) is 16.0. The molecule has 1 fully saturated rings. The molecular weight excluding hydrogens is 560 g/mol. The van der Waals surface area contributed by atoms with Gasteiger partial charge in [-0.25, -0.2) is 13.4 Å². The monoisotopic (exact) mass is 596 g/mol. The van der Waals surface area contributed by atoms with Gasteiger partial charge in [0.15, 0.2) is 0 Å². The highest BCUT2D eigenvalue weighted by Crippen LogP contribution is 2.38. The van der Waals surface area contributed by atoms with Crippen LogP contribution in [0.25, 0.3) is 0 Å². The number of aryl methyl sites for hydroxylation is 1. The number of carbonyl (C=O) groups is 2. The highest BCUT2D eigenvalue weighted by molar-refractivity contribution is 7.89. The van der Waals surface area contributed by atoms with Crippen LogP contribution in [-0.2, 0) is 37.2 Å². The normalized spacial score (nSPS) is 18.2. The molecule has 1 aromatic heterocycles. The molecule has 2 aliphatic rings. The number of piperidine rings is 1. The number of hydrogen-bond acceptors (Lipinski definition) is 8. The number of ether oxygens (including phenoxy) is 1. The number of nitrogens with zero attached hydrogens (tertiary/aromatic N) is 2. The number of hydrogen-bond donors (Lipinski definition) is 2. The maximum atomic E-state index is 13.8. The first-order chi connectivity index (χ1) is 18.3. The van der Waals surface area contributed by atoms with Gasteiger partial charge < -0.3 is 15.0 Å². The van der Waals surface area contributed by atoms with Gasteiger partial charge in [-0.1, -0.05) is 25.4 Å². The van der Waals surface area contributed by atoms with Crippen molar-refractivity contribution in [2.45, 2.75) is 70.7 Å². The molecule has 1 amide bonds. The summed E-state index contributed by atoms with van der Waals surface area (Å²) in [6.07, 6.45) is 3.13. The van der Waals surface area contributed by atoms with Crippen LogP contribution in [0.5, 0.6) is 0 Å². The van der Waals surface area contributed by atoms with Crippen LogP contribution < -0.4 is 10.0 Å². The van der Waals surface area contributed by atoms with Crippen LogP contribution in [0.15, 0.2) is 22.4 Å². The van der Waals surface area contributed by atoms with Crippen molar-refractivity contribution >= 4 is 50.5 Å². The average molecular weight is 597 g/mol. The van der Waals surface area contributed by atoms with Crippen LogP contribution in [0.2, 0.25) is 5.02 Å². The van der Waals surface area contributed by atoms with Crippen molar-refractivity contribution in [3.63, 3.8) is 0 Å². The molecule has 0 unspecified atom stereocenters. The van der Waals surface area contributed by atoms with E-state index in [1.54, 1.807) is 11.0 Å². The van der Waals surface area contributed by atoms with Gasteiger partial charge in [0.2, 0.25) is 15.9 Å². The average Bonchev–Trinajstić information content (AvgIpc) is 3.26. The second-order valence-corrected chi connectivity index (χ2v) is 14.4. The van der Waals surface area contributed by atoms with Gasteiger partial charge in [-0.15, -0.1) is 11.3 Å². The van der Waals surface area contributed by atoms with Gasteiger partial charge in [-0.2, -0.15) is 4.72 Å². The molecule has 0 spiro atoms. The molecule has 214 valence electrons. The van der Waals surface area contributed by atoms with E-state index in [4.69, 9.17) is 16.3 Å². The minimum absolute atomic E-state index is 0.0440. The second-order valence-electron chi connectivity index (χ2n) is 11.3. The number of likely N-dealkylation sites (tertiary alicyclic amines) is 1. The third kappa shape index (κ3) is 7.71. The van der Waals surface area contributed by atoms with E-state index in [9.17, 15) is 18.0 Å². The summed E-state index contributed by atoms with van der Waals surface area (Å²) < 4.78 is 35.4. The fraction of sp³-hybridized carbons (Fsp3) is 0.593. The fourth-order valence-electron chi connectivity index (χ4n) is 5.23. The number of anilines is 1. The number of thiazole rings is 1. The van der Waals surface area contributed by atoms with E-state index in [-0.39, 0.29) is 28.6 Å². The Balaban J connectivity index is 1.54. The Hall–Kier alpha value is -2.21. The lowest BCUT2D eigenvalue weighted by atomic mass is 9.82. The summed E-state index contributed by atoms with van der Waals surface area (Å²) in [5.41, 5.74) is 2.16. The third-order valence-electron chi connectivity index (χ3n) is 7.25. The van der Waals surface area contributed by atoms with Crippen molar-refractivity contribution in [1.29, 1.82) is 0 Å². The highest BCUT2D eigenvalue weighted by atomic mass is 35.5. The fourth-order valence-corrected chi connectivity index (χ4v) is 7.79. The van der Waals surface area contributed by atoms with E-state index < -0.39 is 16.1 Å². The van der Waals surface area contributed by atoms with Crippen molar-refractivity contribution < 1.29 is 22.7 Å². The molecule has 0 radical (unpaired) electrons. The lowest BCUT2D eigenvalue weighted by Crippen LogP contribution is -2.51. The number of nitrogens with one attached hydrogen (secondary N) is 2. The van der Waals surface area contributed by atoms with Crippen molar-refractivity contribution in [1.82, 2.24) is 14.6 Å². The Bertz CT molecular complexity index is 1320. The van der Waals surface area contributed by atoms with E-state index in [1.165, 1.54) is 24.3 Å². The van der Waals surface area contributed by atoms with Crippen LogP contribution in [0, 0.1) is 18.3 Å². The Kier molecular flexibility index (Phi) is 9.25. The minimum Gasteiger partial charge on any atom is -0.466 e. The molecule has 9 nitrogen and oxygen atoms in total. The number of rotatable bonds is 9. The smallest absolute Gasteiger partial charge is 0.302 e. The van der Waals surface area contributed by atoms with E-state index in [2.05, 4.69) is 28.9 Å². The van der Waals surface area contributed by atoms with Crippen molar-refractivity contribution in [2.24, 2.45) is 11.3 Å². The zero-order chi connectivity index (χ0) is 28.4. The molecule has 0 saturated carbocycles. The maximum Gasteiger partial charge on any atom is 0.302 e. The minimum atomic E-state index is -4.10. The first-order valence-electron chi connectivity index (χ1n) is 13.2. The zero-order valence-electron chi connectivity index (χ0n) is 22.9. The summed E-state index contributed by atoms with van der Waals surface area (Å²) in [5.74, 6) is -0.219. The van der Waals surface area contributed by atoms with E-state index in [0.29, 0.717) is 54.3 Å². The topological polar surface area (TPSA) is 118 Å². The van der Waals surface area contributed by atoms with Gasteiger partial charge in [0.05, 0.1) is 17.3 Å². The highest BCUT2D eigenvalue weighted by Gasteiger charge is 2.35. The molecule has 3 heterocycles. The molecule has 0 aliphatic carbocycles. The molecule has 2 aromatic rings. The van der Waals surface area contributed by atoms with Crippen molar-refractivity contribution in [3.8, 4) is 0 Å². The van der Waals surface area contributed by atoms with Gasteiger partial charge in [0.25, 0.3) is 0 Å². The molecule has 2 aliphatic heterocycles. The van der Waals surface area contributed by atoms with Crippen LogP contribution in [0.3, 0.4) is 0 Å². The molecule has 1 atom stereocenters. The van der Waals surface area contributed by atoms with Crippen LogP contribution in [0.4, 0.5) is 5.69 Å². The summed E-state index contributed by atoms with van der Waals surface area (Å²) >= 11 is 7.78. The summed E-state index contributed by atoms with van der Waals surface area (Å²) in [4.78, 5) is 31.0. The Morgan fingerprint density at radius 3 is 2.67 bits per heavy atom. The van der Waals surface area contributed by atoms with Gasteiger partial charge in [0.1, 0.15) is 10.9 Å². The molecule has 12 heteroatoms. The predicted octanol–water partition coefficient (Wildman–Crippen LogP) is 4.18. The Labute approximate surface area is 239 Å². The molecular formula is C27H37ClN4O5S2. The molecule has 4 rings (SSSR count). The number of benzene rings is 1. The number of amides is 1. The number of sulfonamides is 1. The largest absolute Gasteiger partial charge is 0.466 e. The van der Waals surface area contributed by atoms with E-state index in [0.717, 1.165) is 30.5 Å². The molecule has 0 bridgehead atoms. The molecule has 39 heavy (non-hydrogen) atoms. The maximum absolute atomic E-state index is 13.8. The Morgan fingerprint density at radius 1 is 1.31 bits per heavy atom. The quantitative estimate of drug-likeness (QED) is 0.417. The van der Waals surface area contributed by atoms with Gasteiger partial charge in [-0.05, 0) is 61.6 Å². The standard InChI is InChI=1S/C27H37ClN4O5S2/c1-17-15-38-24(30-17)13-22(26(34)32-8-5-19(6-9-32)7-10-37-18(2)33)31-39(35,36)23-12-21(28)11-20-14-27(3,4)16-29-25(20)23/h11-12,15,19,22,29,31H,5-10,13-14,16H2,1-4H3/t22-/m0/s1. The zero-order valence-corrected chi connectivity index (χ0v) is 25.3. The van der Waals surface area contributed by atoms with Crippen molar-refractivity contribution in [3.05, 3.63) is 38.8 Å². The van der Waals surface area contributed by atoms with Gasteiger partial charge >= 0.3 is 5.97 Å². The van der Waals surface area contributed by atoms with Crippen molar-refractivity contribution in [2.75, 3.05) is 31.6 Å².